The van der Waals surface area contributed by atoms with Gasteiger partial charge in [-0.05, 0) is 36.4 Å². The Morgan fingerprint density at radius 3 is 2.76 bits per heavy atom. The van der Waals surface area contributed by atoms with Crippen LogP contribution < -0.4 is 9.47 Å². The predicted octanol–water partition coefficient (Wildman–Crippen LogP) is 3.48. The molecule has 0 atom stereocenters. The normalized spacial score (nSPS) is 9.76. The van der Waals surface area contributed by atoms with Gasteiger partial charge in [-0.1, -0.05) is 17.7 Å². The summed E-state index contributed by atoms with van der Waals surface area (Å²) in [6.45, 7) is -0.127. The highest BCUT2D eigenvalue weighted by atomic mass is 35.5. The van der Waals surface area contributed by atoms with Crippen LogP contribution in [0.25, 0.3) is 0 Å². The summed E-state index contributed by atoms with van der Waals surface area (Å²) < 4.78 is 10.4. The molecule has 0 amide bonds. The number of hydrogen-bond acceptors (Lipinski definition) is 4. The van der Waals surface area contributed by atoms with E-state index in [1.54, 1.807) is 36.4 Å². The van der Waals surface area contributed by atoms with Gasteiger partial charge in [-0.2, -0.15) is 5.26 Å². The first-order valence-corrected chi connectivity index (χ1v) is 6.51. The second kappa shape index (κ2) is 6.78. The molecule has 4 nitrogen and oxygen atoms in total. The zero-order chi connectivity index (χ0) is 15.2. The van der Waals surface area contributed by atoms with Gasteiger partial charge in [-0.25, -0.2) is 0 Å². The smallest absolute Gasteiger partial charge is 0.200 e. The quantitative estimate of drug-likeness (QED) is 0.793. The summed E-state index contributed by atoms with van der Waals surface area (Å²) in [4.78, 5) is 12.0. The van der Waals surface area contributed by atoms with E-state index in [4.69, 9.17) is 26.3 Å². The van der Waals surface area contributed by atoms with Gasteiger partial charge >= 0.3 is 0 Å². The molecule has 0 saturated heterocycles. The minimum Gasteiger partial charge on any atom is -0.495 e. The van der Waals surface area contributed by atoms with E-state index in [1.807, 2.05) is 6.07 Å². The van der Waals surface area contributed by atoms with Gasteiger partial charge in [0.05, 0.1) is 23.8 Å². The number of hydrogen-bond donors (Lipinski definition) is 0. The molecule has 0 bridgehead atoms. The molecule has 2 aromatic rings. The minimum absolute atomic E-state index is 0.127. The molecule has 2 aromatic carbocycles. The van der Waals surface area contributed by atoms with Crippen LogP contribution in [-0.2, 0) is 0 Å². The SMILES string of the molecule is COc1ccc(C(=O)COc2cccc(C#N)c2)cc1Cl. The number of rotatable bonds is 5. The molecule has 0 aromatic heterocycles. The lowest BCUT2D eigenvalue weighted by atomic mass is 10.1. The molecule has 2 rings (SSSR count). The van der Waals surface area contributed by atoms with Gasteiger partial charge in [-0.15, -0.1) is 0 Å². The van der Waals surface area contributed by atoms with Crippen LogP contribution in [0.1, 0.15) is 15.9 Å². The Hall–Kier alpha value is -2.51. The molecule has 0 spiro atoms. The molecule has 0 radical (unpaired) electrons. The maximum absolute atomic E-state index is 12.0. The Balaban J connectivity index is 2.04. The van der Waals surface area contributed by atoms with E-state index >= 15 is 0 Å². The van der Waals surface area contributed by atoms with Gasteiger partial charge in [0.25, 0.3) is 0 Å². The van der Waals surface area contributed by atoms with Crippen molar-refractivity contribution < 1.29 is 14.3 Å². The molecule has 0 aliphatic carbocycles. The fraction of sp³-hybridized carbons (Fsp3) is 0.125. The minimum atomic E-state index is -0.207. The largest absolute Gasteiger partial charge is 0.495 e. The van der Waals surface area contributed by atoms with Crippen LogP contribution >= 0.6 is 11.6 Å². The van der Waals surface area contributed by atoms with Gasteiger partial charge in [0.1, 0.15) is 11.5 Å². The van der Waals surface area contributed by atoms with E-state index in [2.05, 4.69) is 0 Å². The number of carbonyl (C=O) groups is 1. The average molecular weight is 302 g/mol. The van der Waals surface area contributed by atoms with Crippen LogP contribution in [0.15, 0.2) is 42.5 Å². The van der Waals surface area contributed by atoms with Crippen molar-refractivity contribution in [1.29, 1.82) is 5.26 Å². The fourth-order valence-electron chi connectivity index (χ4n) is 1.73. The number of methoxy groups -OCH3 is 1. The summed E-state index contributed by atoms with van der Waals surface area (Å²) in [5.74, 6) is 0.778. The molecule has 106 valence electrons. The van der Waals surface area contributed by atoms with Crippen molar-refractivity contribution in [2.24, 2.45) is 0 Å². The molecule has 0 N–H and O–H groups in total. The lowest BCUT2D eigenvalue weighted by Crippen LogP contribution is -2.11. The Morgan fingerprint density at radius 2 is 2.10 bits per heavy atom. The van der Waals surface area contributed by atoms with Crippen LogP contribution in [0.2, 0.25) is 5.02 Å². The number of halogens is 1. The Labute approximate surface area is 127 Å². The Morgan fingerprint density at radius 1 is 1.29 bits per heavy atom. The van der Waals surface area contributed by atoms with Gasteiger partial charge < -0.3 is 9.47 Å². The lowest BCUT2D eigenvalue weighted by Gasteiger charge is -2.07. The van der Waals surface area contributed by atoms with Gasteiger partial charge in [0.15, 0.2) is 12.4 Å². The van der Waals surface area contributed by atoms with Crippen LogP contribution in [0, 0.1) is 11.3 Å². The second-order valence-electron chi connectivity index (χ2n) is 4.20. The topological polar surface area (TPSA) is 59.3 Å². The zero-order valence-electron chi connectivity index (χ0n) is 11.3. The van der Waals surface area contributed by atoms with Crippen molar-refractivity contribution in [1.82, 2.24) is 0 Å². The number of benzene rings is 2. The molecule has 21 heavy (non-hydrogen) atoms. The van der Waals surface area contributed by atoms with E-state index in [-0.39, 0.29) is 12.4 Å². The van der Waals surface area contributed by atoms with Crippen molar-refractivity contribution in [3.8, 4) is 17.6 Å². The predicted molar refractivity (Wildman–Crippen MR) is 79.0 cm³/mol. The van der Waals surface area contributed by atoms with Crippen LogP contribution in [0.4, 0.5) is 0 Å². The zero-order valence-corrected chi connectivity index (χ0v) is 12.1. The van der Waals surface area contributed by atoms with E-state index in [0.717, 1.165) is 0 Å². The van der Waals surface area contributed by atoms with Gasteiger partial charge in [0.2, 0.25) is 0 Å². The van der Waals surface area contributed by atoms with E-state index in [9.17, 15) is 4.79 Å². The van der Waals surface area contributed by atoms with E-state index < -0.39 is 0 Å². The van der Waals surface area contributed by atoms with Gasteiger partial charge in [-0.3, -0.25) is 4.79 Å². The third-order valence-corrected chi connectivity index (χ3v) is 3.10. The first kappa shape index (κ1) is 14.9. The van der Waals surface area contributed by atoms with Gasteiger partial charge in [0, 0.05) is 5.56 Å². The highest BCUT2D eigenvalue weighted by Gasteiger charge is 2.10. The lowest BCUT2D eigenvalue weighted by molar-refractivity contribution is 0.0921. The monoisotopic (exact) mass is 301 g/mol. The summed E-state index contributed by atoms with van der Waals surface area (Å²) in [5, 5.41) is 9.17. The third kappa shape index (κ3) is 3.74. The third-order valence-electron chi connectivity index (χ3n) is 2.81. The summed E-state index contributed by atoms with van der Waals surface area (Å²) in [5.41, 5.74) is 0.921. The first-order valence-electron chi connectivity index (χ1n) is 6.13. The van der Waals surface area contributed by atoms with Crippen molar-refractivity contribution in [3.05, 3.63) is 58.6 Å². The molecule has 0 heterocycles. The number of ketones is 1. The average Bonchev–Trinajstić information content (AvgIpc) is 2.52. The highest BCUT2D eigenvalue weighted by Crippen LogP contribution is 2.25. The number of nitrogens with zero attached hydrogens (tertiary/aromatic N) is 1. The number of ether oxygens (including phenoxy) is 2. The van der Waals surface area contributed by atoms with Crippen LogP contribution in [0.3, 0.4) is 0 Å². The summed E-state index contributed by atoms with van der Waals surface area (Å²) >= 11 is 5.98. The van der Waals surface area contributed by atoms with Crippen LogP contribution in [-0.4, -0.2) is 19.5 Å². The Kier molecular flexibility index (Phi) is 4.81. The maximum Gasteiger partial charge on any atom is 0.200 e. The molecule has 5 heteroatoms. The molecule has 0 fully saturated rings. The molecule has 0 saturated carbocycles. The standard InChI is InChI=1S/C16H12ClNO3/c1-20-16-6-5-12(8-14(16)17)15(19)10-21-13-4-2-3-11(7-13)9-18/h2-8H,10H2,1H3. The first-order chi connectivity index (χ1) is 10.1. The fourth-order valence-corrected chi connectivity index (χ4v) is 1.99. The molecule has 0 aliphatic heterocycles. The highest BCUT2D eigenvalue weighted by molar-refractivity contribution is 6.32. The van der Waals surface area contributed by atoms with E-state index in [0.29, 0.717) is 27.6 Å². The molecular formula is C16H12ClNO3. The van der Waals surface area contributed by atoms with Crippen molar-refractivity contribution >= 4 is 17.4 Å². The molecule has 0 aliphatic rings. The number of nitriles is 1. The number of Topliss-reactive ketones (excluding diaryl/α,β-unsaturated/α-hetero) is 1. The second-order valence-corrected chi connectivity index (χ2v) is 4.61. The molecule has 0 unspecified atom stereocenters. The van der Waals surface area contributed by atoms with Crippen molar-refractivity contribution in [2.75, 3.05) is 13.7 Å². The molecular weight excluding hydrogens is 290 g/mol. The Bertz CT molecular complexity index is 707. The number of carbonyl (C=O) groups excluding carboxylic acids is 1. The van der Waals surface area contributed by atoms with Crippen molar-refractivity contribution in [2.45, 2.75) is 0 Å². The summed E-state index contributed by atoms with van der Waals surface area (Å²) in [6, 6.07) is 13.4. The summed E-state index contributed by atoms with van der Waals surface area (Å²) in [7, 11) is 1.51. The van der Waals surface area contributed by atoms with E-state index in [1.165, 1.54) is 13.2 Å². The van der Waals surface area contributed by atoms with Crippen molar-refractivity contribution in [3.63, 3.8) is 0 Å². The maximum atomic E-state index is 12.0. The summed E-state index contributed by atoms with van der Waals surface area (Å²) in [6.07, 6.45) is 0. The van der Waals surface area contributed by atoms with Crippen LogP contribution in [0.5, 0.6) is 11.5 Å².